The third kappa shape index (κ3) is 2.03. The molecule has 0 aliphatic heterocycles. The van der Waals surface area contributed by atoms with Crippen LogP contribution in [-0.2, 0) is 5.88 Å². The molecule has 102 valence electrons. The van der Waals surface area contributed by atoms with Crippen LogP contribution in [-0.4, -0.2) is 14.5 Å². The predicted octanol–water partition coefficient (Wildman–Crippen LogP) is 4.54. The van der Waals surface area contributed by atoms with Gasteiger partial charge < -0.3 is 0 Å². The maximum absolute atomic E-state index is 6.08. The van der Waals surface area contributed by atoms with E-state index in [1.54, 1.807) is 6.20 Å². The van der Waals surface area contributed by atoms with Crippen molar-refractivity contribution in [1.29, 1.82) is 0 Å². The fraction of sp³-hybridized carbons (Fsp3) is 0.200. The summed E-state index contributed by atoms with van der Waals surface area (Å²) >= 11 is 9.64. The third-order valence-electron chi connectivity index (χ3n) is 3.42. The molecular formula is C15H13BrClN3. The molecule has 1 aromatic carbocycles. The molecule has 0 N–H and O–H groups in total. The van der Waals surface area contributed by atoms with Crippen molar-refractivity contribution < 1.29 is 0 Å². The zero-order valence-corrected chi connectivity index (χ0v) is 13.5. The van der Waals surface area contributed by atoms with Crippen LogP contribution in [0.4, 0.5) is 0 Å². The molecule has 3 aromatic rings. The van der Waals surface area contributed by atoms with Crippen LogP contribution in [0.2, 0.25) is 0 Å². The molecule has 0 fully saturated rings. The topological polar surface area (TPSA) is 30.7 Å². The molecule has 0 atom stereocenters. The van der Waals surface area contributed by atoms with Gasteiger partial charge in [-0.2, -0.15) is 0 Å². The van der Waals surface area contributed by atoms with Gasteiger partial charge in [-0.15, -0.1) is 11.6 Å². The molecular weight excluding hydrogens is 338 g/mol. The lowest BCUT2D eigenvalue weighted by Crippen LogP contribution is -2.02. The summed E-state index contributed by atoms with van der Waals surface area (Å²) in [5, 5.41) is 0. The summed E-state index contributed by atoms with van der Waals surface area (Å²) in [5.74, 6) is 1.16. The molecule has 0 saturated carbocycles. The van der Waals surface area contributed by atoms with Gasteiger partial charge in [0.1, 0.15) is 11.3 Å². The Morgan fingerprint density at radius 2 is 2.05 bits per heavy atom. The second kappa shape index (κ2) is 5.19. The zero-order chi connectivity index (χ0) is 14.3. The summed E-state index contributed by atoms with van der Waals surface area (Å²) in [6, 6.07) is 8.05. The lowest BCUT2D eigenvalue weighted by molar-refractivity contribution is 0.959. The second-order valence-corrected chi connectivity index (χ2v) is 5.80. The molecule has 0 radical (unpaired) electrons. The number of fused-ring (bicyclic) bond motifs is 1. The lowest BCUT2D eigenvalue weighted by atomic mass is 10.2. The minimum Gasteiger partial charge on any atom is -0.279 e. The van der Waals surface area contributed by atoms with Gasteiger partial charge in [0.2, 0.25) is 0 Å². The number of rotatable bonds is 2. The van der Waals surface area contributed by atoms with Crippen molar-refractivity contribution in [2.75, 3.05) is 0 Å². The largest absolute Gasteiger partial charge is 0.279 e. The number of alkyl halides is 1. The summed E-state index contributed by atoms with van der Waals surface area (Å²) < 4.78 is 3.10. The van der Waals surface area contributed by atoms with Crippen LogP contribution < -0.4 is 0 Å². The van der Waals surface area contributed by atoms with Crippen LogP contribution in [0.1, 0.15) is 17.0 Å². The van der Waals surface area contributed by atoms with Crippen LogP contribution in [0.15, 0.2) is 34.9 Å². The number of imidazole rings is 1. The van der Waals surface area contributed by atoms with Gasteiger partial charge in [0.05, 0.1) is 11.6 Å². The number of halogens is 2. The first-order valence-corrected chi connectivity index (χ1v) is 7.60. The summed E-state index contributed by atoms with van der Waals surface area (Å²) in [5.41, 5.74) is 5.05. The molecule has 20 heavy (non-hydrogen) atoms. The van der Waals surface area contributed by atoms with Gasteiger partial charge in [-0.05, 0) is 43.2 Å². The smallest absolute Gasteiger partial charge is 0.164 e. The van der Waals surface area contributed by atoms with Crippen molar-refractivity contribution in [1.82, 2.24) is 14.5 Å². The van der Waals surface area contributed by atoms with E-state index in [0.29, 0.717) is 5.88 Å². The third-order valence-corrected chi connectivity index (χ3v) is 4.52. The van der Waals surface area contributed by atoms with E-state index >= 15 is 0 Å². The average Bonchev–Trinajstić information content (AvgIpc) is 2.82. The standard InChI is InChI=1S/C15H13BrClN3/c1-9-6-7-18-15-14(9)19-13(8-17)20(15)12-5-3-4-11(16)10(12)2/h3-7H,8H2,1-2H3. The van der Waals surface area contributed by atoms with Crippen molar-refractivity contribution in [2.24, 2.45) is 0 Å². The van der Waals surface area contributed by atoms with Gasteiger partial charge in [-0.3, -0.25) is 4.57 Å². The molecule has 2 aromatic heterocycles. The van der Waals surface area contributed by atoms with E-state index in [1.165, 1.54) is 0 Å². The maximum Gasteiger partial charge on any atom is 0.164 e. The van der Waals surface area contributed by atoms with Gasteiger partial charge in [-0.1, -0.05) is 22.0 Å². The van der Waals surface area contributed by atoms with Crippen molar-refractivity contribution in [3.05, 3.63) is 51.9 Å². The van der Waals surface area contributed by atoms with E-state index in [1.807, 2.05) is 29.7 Å². The molecule has 3 rings (SSSR count). The molecule has 0 aliphatic rings. The summed E-state index contributed by atoms with van der Waals surface area (Å²) in [7, 11) is 0. The van der Waals surface area contributed by atoms with Crippen LogP contribution in [0.25, 0.3) is 16.9 Å². The number of hydrogen-bond donors (Lipinski definition) is 0. The first-order valence-electron chi connectivity index (χ1n) is 6.28. The Hall–Kier alpha value is -1.39. The number of hydrogen-bond acceptors (Lipinski definition) is 2. The Balaban J connectivity index is 2.41. The normalized spacial score (nSPS) is 11.2. The minimum atomic E-state index is 0.349. The molecule has 0 unspecified atom stereocenters. The van der Waals surface area contributed by atoms with Gasteiger partial charge in [0.15, 0.2) is 5.65 Å². The number of nitrogens with zero attached hydrogens (tertiary/aromatic N) is 3. The second-order valence-electron chi connectivity index (χ2n) is 4.68. The molecule has 0 saturated heterocycles. The molecule has 5 heteroatoms. The molecule has 0 spiro atoms. The summed E-state index contributed by atoms with van der Waals surface area (Å²) in [6.07, 6.45) is 1.81. The van der Waals surface area contributed by atoms with Crippen LogP contribution in [0.5, 0.6) is 0 Å². The van der Waals surface area contributed by atoms with E-state index in [0.717, 1.165) is 38.3 Å². The fourth-order valence-electron chi connectivity index (χ4n) is 2.32. The number of aryl methyl sites for hydroxylation is 1. The van der Waals surface area contributed by atoms with E-state index in [-0.39, 0.29) is 0 Å². The van der Waals surface area contributed by atoms with Crippen LogP contribution in [0, 0.1) is 13.8 Å². The molecule has 2 heterocycles. The Kier molecular flexibility index (Phi) is 3.52. The van der Waals surface area contributed by atoms with Crippen LogP contribution in [0.3, 0.4) is 0 Å². The molecule has 3 nitrogen and oxygen atoms in total. The molecule has 0 amide bonds. The molecule has 0 aliphatic carbocycles. The highest BCUT2D eigenvalue weighted by atomic mass is 79.9. The van der Waals surface area contributed by atoms with E-state index in [9.17, 15) is 0 Å². The minimum absolute atomic E-state index is 0.349. The summed E-state index contributed by atoms with van der Waals surface area (Å²) in [6.45, 7) is 4.10. The maximum atomic E-state index is 6.08. The number of aromatic nitrogens is 3. The SMILES string of the molecule is Cc1c(Br)cccc1-n1c(CCl)nc2c(C)ccnc21. The lowest BCUT2D eigenvalue weighted by Gasteiger charge is -2.11. The highest BCUT2D eigenvalue weighted by molar-refractivity contribution is 9.10. The fourth-order valence-corrected chi connectivity index (χ4v) is 2.86. The highest BCUT2D eigenvalue weighted by Crippen LogP contribution is 2.28. The van der Waals surface area contributed by atoms with E-state index in [4.69, 9.17) is 11.6 Å². The number of pyridine rings is 1. The van der Waals surface area contributed by atoms with Crippen molar-refractivity contribution in [2.45, 2.75) is 19.7 Å². The Bertz CT molecular complexity index is 795. The van der Waals surface area contributed by atoms with Crippen molar-refractivity contribution in [3.63, 3.8) is 0 Å². The van der Waals surface area contributed by atoms with Gasteiger partial charge in [-0.25, -0.2) is 9.97 Å². The van der Waals surface area contributed by atoms with Crippen LogP contribution >= 0.6 is 27.5 Å². The van der Waals surface area contributed by atoms with Gasteiger partial charge >= 0.3 is 0 Å². The Morgan fingerprint density at radius 3 is 2.80 bits per heavy atom. The van der Waals surface area contributed by atoms with Crippen molar-refractivity contribution in [3.8, 4) is 5.69 Å². The van der Waals surface area contributed by atoms with E-state index in [2.05, 4.69) is 38.9 Å². The first kappa shape index (κ1) is 13.6. The monoisotopic (exact) mass is 349 g/mol. The van der Waals surface area contributed by atoms with Gasteiger partial charge in [0.25, 0.3) is 0 Å². The summed E-state index contributed by atoms with van der Waals surface area (Å²) in [4.78, 5) is 9.12. The number of benzene rings is 1. The van der Waals surface area contributed by atoms with E-state index < -0.39 is 0 Å². The Morgan fingerprint density at radius 1 is 1.25 bits per heavy atom. The van der Waals surface area contributed by atoms with Crippen molar-refractivity contribution >= 4 is 38.7 Å². The average molecular weight is 351 g/mol. The zero-order valence-electron chi connectivity index (χ0n) is 11.2. The predicted molar refractivity (Wildman–Crippen MR) is 85.6 cm³/mol. The van der Waals surface area contributed by atoms with Gasteiger partial charge in [0, 0.05) is 10.7 Å². The molecule has 0 bridgehead atoms. The Labute approximate surface area is 130 Å². The highest BCUT2D eigenvalue weighted by Gasteiger charge is 2.16. The quantitative estimate of drug-likeness (QED) is 0.635. The first-order chi connectivity index (χ1) is 9.63.